The van der Waals surface area contributed by atoms with Crippen molar-refractivity contribution in [1.82, 2.24) is 5.32 Å². The summed E-state index contributed by atoms with van der Waals surface area (Å²) in [6.45, 7) is 1.27. The number of halogens is 1. The SMILES string of the molecule is COc1ccc(CC2(C(=O)O)CCCNC2)cc1F. The normalized spacial score (nSPS) is 23.1. The number of ether oxygens (including phenoxy) is 1. The van der Waals surface area contributed by atoms with E-state index in [9.17, 15) is 14.3 Å². The molecule has 0 spiro atoms. The second kappa shape index (κ2) is 5.57. The van der Waals surface area contributed by atoms with Gasteiger partial charge in [-0.15, -0.1) is 0 Å². The van der Waals surface area contributed by atoms with Gasteiger partial charge in [-0.3, -0.25) is 4.79 Å². The van der Waals surface area contributed by atoms with Gasteiger partial charge < -0.3 is 15.2 Å². The monoisotopic (exact) mass is 267 g/mol. The van der Waals surface area contributed by atoms with Crippen LogP contribution in [0.25, 0.3) is 0 Å². The maximum Gasteiger partial charge on any atom is 0.311 e. The van der Waals surface area contributed by atoms with E-state index in [-0.39, 0.29) is 5.75 Å². The van der Waals surface area contributed by atoms with E-state index in [0.717, 1.165) is 13.0 Å². The number of carboxylic acids is 1. The summed E-state index contributed by atoms with van der Waals surface area (Å²) in [5, 5.41) is 12.6. The van der Waals surface area contributed by atoms with Crippen LogP contribution in [0.1, 0.15) is 18.4 Å². The topological polar surface area (TPSA) is 58.6 Å². The first-order chi connectivity index (χ1) is 9.07. The molecule has 1 atom stereocenters. The minimum absolute atomic E-state index is 0.176. The Kier molecular flexibility index (Phi) is 4.04. The number of hydrogen-bond donors (Lipinski definition) is 2. The molecule has 1 heterocycles. The molecular weight excluding hydrogens is 249 g/mol. The van der Waals surface area contributed by atoms with Crippen LogP contribution in [-0.4, -0.2) is 31.3 Å². The summed E-state index contributed by atoms with van der Waals surface area (Å²) < 4.78 is 18.5. The van der Waals surface area contributed by atoms with E-state index in [1.807, 2.05) is 0 Å². The molecule has 1 aliphatic rings. The Hall–Kier alpha value is -1.62. The zero-order chi connectivity index (χ0) is 13.9. The van der Waals surface area contributed by atoms with Crippen molar-refractivity contribution in [1.29, 1.82) is 0 Å². The number of carboxylic acid groups (broad SMARTS) is 1. The maximum atomic E-state index is 13.6. The number of aliphatic carboxylic acids is 1. The van der Waals surface area contributed by atoms with Crippen LogP contribution in [0, 0.1) is 11.2 Å². The molecule has 0 aliphatic carbocycles. The summed E-state index contributed by atoms with van der Waals surface area (Å²) >= 11 is 0. The average Bonchev–Trinajstić information content (AvgIpc) is 2.40. The highest BCUT2D eigenvalue weighted by Gasteiger charge is 2.39. The van der Waals surface area contributed by atoms with Crippen LogP contribution in [0.5, 0.6) is 5.75 Å². The summed E-state index contributed by atoms with van der Waals surface area (Å²) in [6, 6.07) is 4.62. The van der Waals surface area contributed by atoms with Crippen LogP contribution >= 0.6 is 0 Å². The number of hydrogen-bond acceptors (Lipinski definition) is 3. The van der Waals surface area contributed by atoms with Crippen molar-refractivity contribution in [2.24, 2.45) is 5.41 Å². The first-order valence-corrected chi connectivity index (χ1v) is 6.34. The van der Waals surface area contributed by atoms with Gasteiger partial charge in [0.2, 0.25) is 0 Å². The Morgan fingerprint density at radius 3 is 2.89 bits per heavy atom. The zero-order valence-electron chi connectivity index (χ0n) is 10.9. The molecule has 0 amide bonds. The maximum absolute atomic E-state index is 13.6. The van der Waals surface area contributed by atoms with Crippen molar-refractivity contribution >= 4 is 5.97 Å². The van der Waals surface area contributed by atoms with Crippen LogP contribution in [-0.2, 0) is 11.2 Å². The number of rotatable bonds is 4. The lowest BCUT2D eigenvalue weighted by molar-refractivity contribution is -0.150. The standard InChI is InChI=1S/C14H18FNO3/c1-19-12-4-3-10(7-11(12)15)8-14(13(17)18)5-2-6-16-9-14/h3-4,7,16H,2,5-6,8-9H2,1H3,(H,17,18). The average molecular weight is 267 g/mol. The number of carbonyl (C=O) groups is 1. The first-order valence-electron chi connectivity index (χ1n) is 6.34. The fourth-order valence-corrected chi connectivity index (χ4v) is 2.59. The fourth-order valence-electron chi connectivity index (χ4n) is 2.59. The van der Waals surface area contributed by atoms with Gasteiger partial charge in [0.05, 0.1) is 12.5 Å². The van der Waals surface area contributed by atoms with Gasteiger partial charge in [-0.25, -0.2) is 4.39 Å². The Balaban J connectivity index is 2.22. The molecule has 1 aromatic carbocycles. The van der Waals surface area contributed by atoms with Crippen molar-refractivity contribution in [2.75, 3.05) is 20.2 Å². The van der Waals surface area contributed by atoms with Crippen LogP contribution in [0.2, 0.25) is 0 Å². The number of nitrogens with one attached hydrogen (secondary N) is 1. The Morgan fingerprint density at radius 2 is 2.37 bits per heavy atom. The van der Waals surface area contributed by atoms with E-state index >= 15 is 0 Å². The second-order valence-electron chi connectivity index (χ2n) is 5.01. The van der Waals surface area contributed by atoms with Crippen molar-refractivity contribution in [3.8, 4) is 5.75 Å². The zero-order valence-corrected chi connectivity index (χ0v) is 10.9. The third-order valence-electron chi connectivity index (χ3n) is 3.68. The first kappa shape index (κ1) is 13.8. The molecular formula is C14H18FNO3. The summed E-state index contributed by atoms with van der Waals surface area (Å²) in [6.07, 6.45) is 1.77. The highest BCUT2D eigenvalue weighted by atomic mass is 19.1. The van der Waals surface area contributed by atoms with E-state index < -0.39 is 17.2 Å². The molecule has 0 radical (unpaired) electrons. The molecule has 0 aromatic heterocycles. The summed E-state index contributed by atoms with van der Waals surface area (Å²) in [5.74, 6) is -1.10. The third-order valence-corrected chi connectivity index (χ3v) is 3.68. The highest BCUT2D eigenvalue weighted by Crippen LogP contribution is 2.32. The van der Waals surface area contributed by atoms with Crippen molar-refractivity contribution in [3.05, 3.63) is 29.6 Å². The Labute approximate surface area is 111 Å². The molecule has 104 valence electrons. The van der Waals surface area contributed by atoms with Crippen molar-refractivity contribution in [2.45, 2.75) is 19.3 Å². The van der Waals surface area contributed by atoms with E-state index in [4.69, 9.17) is 4.74 Å². The van der Waals surface area contributed by atoms with Crippen LogP contribution in [0.3, 0.4) is 0 Å². The lowest BCUT2D eigenvalue weighted by atomic mass is 9.76. The van der Waals surface area contributed by atoms with Crippen LogP contribution < -0.4 is 10.1 Å². The van der Waals surface area contributed by atoms with Crippen LogP contribution in [0.15, 0.2) is 18.2 Å². The smallest absolute Gasteiger partial charge is 0.311 e. The van der Waals surface area contributed by atoms with E-state index in [2.05, 4.69) is 5.32 Å². The van der Waals surface area contributed by atoms with Gasteiger partial charge in [0.25, 0.3) is 0 Å². The van der Waals surface area contributed by atoms with E-state index in [0.29, 0.717) is 24.9 Å². The lowest BCUT2D eigenvalue weighted by Crippen LogP contribution is -2.47. The molecule has 4 nitrogen and oxygen atoms in total. The molecule has 2 rings (SSSR count). The van der Waals surface area contributed by atoms with E-state index in [1.54, 1.807) is 6.07 Å². The predicted molar refractivity (Wildman–Crippen MR) is 68.8 cm³/mol. The second-order valence-corrected chi connectivity index (χ2v) is 5.01. The molecule has 1 fully saturated rings. The molecule has 1 unspecified atom stereocenters. The summed E-state index contributed by atoms with van der Waals surface area (Å²) in [4.78, 5) is 11.5. The van der Waals surface area contributed by atoms with E-state index in [1.165, 1.54) is 19.2 Å². The van der Waals surface area contributed by atoms with Gasteiger partial charge in [-0.2, -0.15) is 0 Å². The molecule has 5 heteroatoms. The quantitative estimate of drug-likeness (QED) is 0.874. The lowest BCUT2D eigenvalue weighted by Gasteiger charge is -2.33. The largest absolute Gasteiger partial charge is 0.494 e. The third kappa shape index (κ3) is 2.87. The molecule has 2 N–H and O–H groups in total. The Morgan fingerprint density at radius 1 is 1.58 bits per heavy atom. The summed E-state index contributed by atoms with van der Waals surface area (Å²) in [5.41, 5.74) is -0.149. The number of piperidine rings is 1. The fraction of sp³-hybridized carbons (Fsp3) is 0.500. The van der Waals surface area contributed by atoms with Crippen molar-refractivity contribution < 1.29 is 19.0 Å². The predicted octanol–water partition coefficient (Wildman–Crippen LogP) is 1.83. The molecule has 19 heavy (non-hydrogen) atoms. The molecule has 1 saturated heterocycles. The van der Waals surface area contributed by atoms with Crippen LogP contribution in [0.4, 0.5) is 4.39 Å². The van der Waals surface area contributed by atoms with Gasteiger partial charge in [0.15, 0.2) is 11.6 Å². The van der Waals surface area contributed by atoms with Crippen molar-refractivity contribution in [3.63, 3.8) is 0 Å². The molecule has 1 aromatic rings. The molecule has 0 saturated carbocycles. The van der Waals surface area contributed by atoms with Gasteiger partial charge >= 0.3 is 5.97 Å². The van der Waals surface area contributed by atoms with Gasteiger partial charge in [-0.1, -0.05) is 6.07 Å². The number of benzene rings is 1. The molecule has 1 aliphatic heterocycles. The van der Waals surface area contributed by atoms with Gasteiger partial charge in [0, 0.05) is 6.54 Å². The van der Waals surface area contributed by atoms with Gasteiger partial charge in [0.1, 0.15) is 0 Å². The number of methoxy groups -OCH3 is 1. The van der Waals surface area contributed by atoms with Gasteiger partial charge in [-0.05, 0) is 43.5 Å². The minimum Gasteiger partial charge on any atom is -0.494 e. The summed E-state index contributed by atoms with van der Waals surface area (Å²) in [7, 11) is 1.40. The molecule has 0 bridgehead atoms. The Bertz CT molecular complexity index is 470. The highest BCUT2D eigenvalue weighted by molar-refractivity contribution is 5.75. The minimum atomic E-state index is -0.834.